The number of benzene rings is 1. The Labute approximate surface area is 167 Å². The molecule has 4 aromatic rings. The Morgan fingerprint density at radius 2 is 1.82 bits per heavy atom. The zero-order valence-electron chi connectivity index (χ0n) is 16.6. The summed E-state index contributed by atoms with van der Waals surface area (Å²) >= 11 is 1.72. The van der Waals surface area contributed by atoms with Crippen molar-refractivity contribution in [3.63, 3.8) is 0 Å². The van der Waals surface area contributed by atoms with E-state index in [4.69, 9.17) is 5.10 Å². The van der Waals surface area contributed by atoms with Crippen molar-refractivity contribution in [2.75, 3.05) is 19.0 Å². The van der Waals surface area contributed by atoms with E-state index in [9.17, 15) is 5.11 Å². The Morgan fingerprint density at radius 1 is 1.07 bits per heavy atom. The number of thiophene rings is 1. The van der Waals surface area contributed by atoms with Crippen LogP contribution in [0.15, 0.2) is 36.4 Å². The zero-order chi connectivity index (χ0) is 20.1. The minimum atomic E-state index is -0.163. The van der Waals surface area contributed by atoms with Crippen molar-refractivity contribution in [1.82, 2.24) is 19.8 Å². The zero-order valence-corrected chi connectivity index (χ0v) is 17.4. The van der Waals surface area contributed by atoms with Gasteiger partial charge in [-0.2, -0.15) is 9.61 Å². The summed E-state index contributed by atoms with van der Waals surface area (Å²) in [6.45, 7) is 6.41. The van der Waals surface area contributed by atoms with Crippen molar-refractivity contribution in [1.29, 1.82) is 0 Å². The number of hydrogen-bond acceptors (Lipinski definition) is 6. The molecule has 7 heteroatoms. The number of rotatable bonds is 3. The van der Waals surface area contributed by atoms with Gasteiger partial charge >= 0.3 is 0 Å². The van der Waals surface area contributed by atoms with Gasteiger partial charge in [0.15, 0.2) is 11.5 Å². The fourth-order valence-corrected chi connectivity index (χ4v) is 4.00. The first-order valence-corrected chi connectivity index (χ1v) is 9.90. The molecule has 3 aromatic heterocycles. The molecule has 0 bridgehead atoms. The third-order valence-corrected chi connectivity index (χ3v) is 5.73. The van der Waals surface area contributed by atoms with E-state index in [-0.39, 0.29) is 11.2 Å². The van der Waals surface area contributed by atoms with Gasteiger partial charge < -0.3 is 10.0 Å². The predicted molar refractivity (Wildman–Crippen MR) is 114 cm³/mol. The first-order valence-electron chi connectivity index (χ1n) is 9.08. The second-order valence-electron chi connectivity index (χ2n) is 8.00. The highest BCUT2D eigenvalue weighted by molar-refractivity contribution is 7.16. The molecule has 0 saturated heterocycles. The van der Waals surface area contributed by atoms with Crippen molar-refractivity contribution >= 4 is 28.1 Å². The van der Waals surface area contributed by atoms with E-state index < -0.39 is 0 Å². The van der Waals surface area contributed by atoms with Crippen molar-refractivity contribution < 1.29 is 5.11 Å². The number of hydrogen-bond donors (Lipinski definition) is 1. The van der Waals surface area contributed by atoms with Crippen molar-refractivity contribution in [2.45, 2.75) is 26.2 Å². The third kappa shape index (κ3) is 3.11. The second-order valence-corrected chi connectivity index (χ2v) is 9.10. The largest absolute Gasteiger partial charge is 0.507 e. The van der Waals surface area contributed by atoms with Gasteiger partial charge in [-0.15, -0.1) is 21.5 Å². The molecule has 0 radical (unpaired) electrons. The number of phenols is 1. The molecule has 1 aromatic carbocycles. The second kappa shape index (κ2) is 6.60. The van der Waals surface area contributed by atoms with E-state index in [0.29, 0.717) is 17.0 Å². The van der Waals surface area contributed by atoms with Gasteiger partial charge in [-0.05, 0) is 30.3 Å². The van der Waals surface area contributed by atoms with E-state index >= 15 is 0 Å². The SMILES string of the molecule is CN(C)c1ccc(/C=c2/c(C(C)(C)C)nn3c(-c4ccccc4O)nnc23)s1. The molecule has 28 heavy (non-hydrogen) atoms. The lowest BCUT2D eigenvalue weighted by Gasteiger charge is -2.14. The Balaban J connectivity index is 1.97. The Kier molecular flexibility index (Phi) is 4.34. The molecule has 0 saturated carbocycles. The Hall–Kier alpha value is -2.93. The fraction of sp³-hybridized carbons (Fsp3) is 0.286. The molecule has 0 aliphatic carbocycles. The van der Waals surface area contributed by atoms with Crippen LogP contribution in [0.1, 0.15) is 31.3 Å². The number of para-hydroxylation sites is 1. The maximum Gasteiger partial charge on any atom is 0.189 e. The highest BCUT2D eigenvalue weighted by Gasteiger charge is 2.24. The standard InChI is InChI=1S/C21H23N5OS/c1-21(2,3)18-15(12-13-10-11-17(28-13)25(4)5)20-23-22-19(26(20)24-18)14-8-6-7-9-16(14)27/h6-12,27H,1-5H3/b15-12-. The summed E-state index contributed by atoms with van der Waals surface area (Å²) in [6, 6.07) is 11.3. The number of fused-ring (bicyclic) bond motifs is 1. The van der Waals surface area contributed by atoms with Gasteiger partial charge in [0.05, 0.1) is 16.3 Å². The highest BCUT2D eigenvalue weighted by atomic mass is 32.1. The summed E-state index contributed by atoms with van der Waals surface area (Å²) in [5.74, 6) is 0.704. The maximum atomic E-state index is 10.2. The van der Waals surface area contributed by atoms with Crippen LogP contribution < -0.4 is 10.1 Å². The van der Waals surface area contributed by atoms with Gasteiger partial charge in [0, 0.05) is 29.6 Å². The molecule has 144 valence electrons. The lowest BCUT2D eigenvalue weighted by molar-refractivity contribution is 0.476. The van der Waals surface area contributed by atoms with Crippen molar-refractivity contribution in [3.8, 4) is 17.1 Å². The first-order chi connectivity index (χ1) is 13.3. The molecule has 0 unspecified atom stereocenters. The van der Waals surface area contributed by atoms with Gasteiger partial charge in [-0.3, -0.25) is 0 Å². The van der Waals surface area contributed by atoms with Gasteiger partial charge in [-0.1, -0.05) is 32.9 Å². The number of aromatic nitrogens is 4. The minimum Gasteiger partial charge on any atom is -0.507 e. The average Bonchev–Trinajstić information content (AvgIpc) is 3.31. The summed E-state index contributed by atoms with van der Waals surface area (Å²) in [5, 5.41) is 26.0. The summed E-state index contributed by atoms with van der Waals surface area (Å²) in [5.41, 5.74) is 2.10. The van der Waals surface area contributed by atoms with Gasteiger partial charge in [-0.25, -0.2) is 0 Å². The topological polar surface area (TPSA) is 66.6 Å². The fourth-order valence-electron chi connectivity index (χ4n) is 3.12. The third-order valence-electron chi connectivity index (χ3n) is 4.53. The minimum absolute atomic E-state index is 0.163. The van der Waals surface area contributed by atoms with Gasteiger partial charge in [0.25, 0.3) is 0 Å². The highest BCUT2D eigenvalue weighted by Crippen LogP contribution is 2.29. The molecular weight excluding hydrogens is 370 g/mol. The molecule has 0 atom stereocenters. The maximum absolute atomic E-state index is 10.2. The van der Waals surface area contributed by atoms with Crippen molar-refractivity contribution in [3.05, 3.63) is 52.2 Å². The van der Waals surface area contributed by atoms with Crippen LogP contribution in [-0.4, -0.2) is 39.0 Å². The van der Waals surface area contributed by atoms with E-state index in [0.717, 1.165) is 15.8 Å². The molecule has 3 heterocycles. The summed E-state index contributed by atoms with van der Waals surface area (Å²) in [6.07, 6.45) is 2.13. The number of aromatic hydroxyl groups is 1. The van der Waals surface area contributed by atoms with E-state index in [1.807, 2.05) is 26.2 Å². The average molecular weight is 394 g/mol. The molecule has 0 aliphatic heterocycles. The Morgan fingerprint density at radius 3 is 2.46 bits per heavy atom. The predicted octanol–water partition coefficient (Wildman–Crippen LogP) is 3.47. The van der Waals surface area contributed by atoms with Crippen LogP contribution in [0.5, 0.6) is 5.75 Å². The van der Waals surface area contributed by atoms with Crippen LogP contribution in [-0.2, 0) is 5.41 Å². The number of anilines is 1. The van der Waals surface area contributed by atoms with Crippen LogP contribution in [0.25, 0.3) is 23.1 Å². The van der Waals surface area contributed by atoms with Crippen LogP contribution in [0.3, 0.4) is 0 Å². The van der Waals surface area contributed by atoms with Crippen LogP contribution >= 0.6 is 11.3 Å². The van der Waals surface area contributed by atoms with E-state index in [1.165, 1.54) is 5.00 Å². The summed E-state index contributed by atoms with van der Waals surface area (Å²) in [4.78, 5) is 3.23. The molecule has 0 aliphatic rings. The summed E-state index contributed by atoms with van der Waals surface area (Å²) in [7, 11) is 4.07. The quantitative estimate of drug-likeness (QED) is 0.577. The smallest absolute Gasteiger partial charge is 0.189 e. The molecule has 0 fully saturated rings. The molecule has 0 spiro atoms. The normalized spacial score (nSPS) is 12.8. The monoisotopic (exact) mass is 393 g/mol. The molecule has 6 nitrogen and oxygen atoms in total. The van der Waals surface area contributed by atoms with E-state index in [2.05, 4.69) is 54.1 Å². The van der Waals surface area contributed by atoms with Crippen LogP contribution in [0.4, 0.5) is 5.00 Å². The van der Waals surface area contributed by atoms with Crippen molar-refractivity contribution in [2.24, 2.45) is 0 Å². The summed E-state index contributed by atoms with van der Waals surface area (Å²) < 4.78 is 1.74. The van der Waals surface area contributed by atoms with Gasteiger partial charge in [0.1, 0.15) is 5.75 Å². The molecule has 1 N–H and O–H groups in total. The molecule has 0 amide bonds. The Bertz CT molecular complexity index is 1200. The lowest BCUT2D eigenvalue weighted by Crippen LogP contribution is -2.22. The molecule has 4 rings (SSSR count). The number of nitrogens with zero attached hydrogens (tertiary/aromatic N) is 5. The molecular formula is C21H23N5OS. The lowest BCUT2D eigenvalue weighted by atomic mass is 9.91. The van der Waals surface area contributed by atoms with Crippen LogP contribution in [0.2, 0.25) is 0 Å². The first kappa shape index (κ1) is 18.4. The van der Waals surface area contributed by atoms with E-state index in [1.54, 1.807) is 28.0 Å². The van der Waals surface area contributed by atoms with Gasteiger partial charge in [0.2, 0.25) is 0 Å². The number of phenolic OH excluding ortho intramolecular Hbond substituents is 1. The van der Waals surface area contributed by atoms with Crippen LogP contribution in [0, 0.1) is 0 Å².